The van der Waals surface area contributed by atoms with Crippen LogP contribution in [-0.2, 0) is 6.42 Å². The van der Waals surface area contributed by atoms with Crippen molar-refractivity contribution >= 4 is 34.1 Å². The summed E-state index contributed by atoms with van der Waals surface area (Å²) in [5.74, 6) is 0.744. The summed E-state index contributed by atoms with van der Waals surface area (Å²) in [6.07, 6.45) is 5.35. The van der Waals surface area contributed by atoms with Crippen LogP contribution in [0.4, 0.5) is 0 Å². The van der Waals surface area contributed by atoms with Gasteiger partial charge >= 0.3 is 0 Å². The zero-order valence-corrected chi connectivity index (χ0v) is 9.91. The molecule has 0 radical (unpaired) electrons. The Morgan fingerprint density at radius 1 is 1.20 bits per heavy atom. The van der Waals surface area contributed by atoms with E-state index in [4.69, 9.17) is 23.2 Å². The molecule has 2 rings (SSSR count). The molecule has 80 valence electrons. The summed E-state index contributed by atoms with van der Waals surface area (Å²) in [5.41, 5.74) is 2.47. The molecule has 0 spiro atoms. The van der Waals surface area contributed by atoms with Crippen LogP contribution in [0.15, 0.2) is 24.4 Å². The van der Waals surface area contributed by atoms with Crippen molar-refractivity contribution in [2.75, 3.05) is 5.88 Å². The molecule has 1 heterocycles. The Morgan fingerprint density at radius 2 is 2.07 bits per heavy atom. The topological polar surface area (TPSA) is 15.8 Å². The van der Waals surface area contributed by atoms with E-state index in [1.165, 1.54) is 10.9 Å². The van der Waals surface area contributed by atoms with E-state index in [1.807, 2.05) is 12.1 Å². The molecular weight excluding hydrogens is 229 g/mol. The first-order chi connectivity index (χ1) is 7.31. The molecule has 1 N–H and O–H groups in total. The number of alkyl halides is 1. The number of rotatable bonds is 4. The Kier molecular flexibility index (Phi) is 3.55. The van der Waals surface area contributed by atoms with Gasteiger partial charge in [0.05, 0.1) is 0 Å². The van der Waals surface area contributed by atoms with E-state index in [2.05, 4.69) is 17.2 Å². The van der Waals surface area contributed by atoms with Gasteiger partial charge in [0.15, 0.2) is 0 Å². The third kappa shape index (κ3) is 2.47. The standard InChI is InChI=1S/C12H13Cl2N/c13-6-2-1-3-9-8-15-12-7-10(14)4-5-11(9)12/h4-5,7-8,15H,1-3,6H2. The number of aryl methyl sites for hydroxylation is 1. The lowest BCUT2D eigenvalue weighted by molar-refractivity contribution is 0.803. The molecule has 0 amide bonds. The lowest BCUT2D eigenvalue weighted by Gasteiger charge is -1.98. The van der Waals surface area contributed by atoms with Gasteiger partial charge in [-0.2, -0.15) is 0 Å². The number of unbranched alkanes of at least 4 members (excludes halogenated alkanes) is 1. The Labute approximate surface area is 99.4 Å². The van der Waals surface area contributed by atoms with Crippen molar-refractivity contribution in [1.82, 2.24) is 4.98 Å². The van der Waals surface area contributed by atoms with E-state index < -0.39 is 0 Å². The van der Waals surface area contributed by atoms with E-state index in [-0.39, 0.29) is 0 Å². The predicted molar refractivity (Wildman–Crippen MR) is 67.0 cm³/mol. The molecule has 0 unspecified atom stereocenters. The molecule has 0 aliphatic carbocycles. The molecular formula is C12H13Cl2N. The van der Waals surface area contributed by atoms with Gasteiger partial charge in [-0.25, -0.2) is 0 Å². The van der Waals surface area contributed by atoms with Crippen LogP contribution in [0, 0.1) is 0 Å². The van der Waals surface area contributed by atoms with Crippen molar-refractivity contribution < 1.29 is 0 Å². The second-order valence-corrected chi connectivity index (χ2v) is 4.46. The number of halogens is 2. The maximum absolute atomic E-state index is 5.92. The maximum atomic E-state index is 5.92. The van der Waals surface area contributed by atoms with Gasteiger partial charge in [0.25, 0.3) is 0 Å². The molecule has 1 aromatic carbocycles. The first-order valence-corrected chi connectivity index (χ1v) is 6.04. The van der Waals surface area contributed by atoms with Gasteiger partial charge in [-0.15, -0.1) is 11.6 Å². The van der Waals surface area contributed by atoms with Crippen LogP contribution < -0.4 is 0 Å². The summed E-state index contributed by atoms with van der Waals surface area (Å²) >= 11 is 11.6. The van der Waals surface area contributed by atoms with Crippen LogP contribution in [0.2, 0.25) is 5.02 Å². The number of hydrogen-bond donors (Lipinski definition) is 1. The van der Waals surface area contributed by atoms with Gasteiger partial charge in [0, 0.05) is 28.0 Å². The number of nitrogens with one attached hydrogen (secondary N) is 1. The normalized spacial score (nSPS) is 11.1. The molecule has 3 heteroatoms. The molecule has 0 fully saturated rings. The fourth-order valence-electron chi connectivity index (χ4n) is 1.78. The first kappa shape index (κ1) is 10.8. The summed E-state index contributed by atoms with van der Waals surface area (Å²) in [6.45, 7) is 0. The van der Waals surface area contributed by atoms with E-state index >= 15 is 0 Å². The Balaban J connectivity index is 2.21. The maximum Gasteiger partial charge on any atom is 0.0471 e. The SMILES string of the molecule is ClCCCCc1c[nH]c2cc(Cl)ccc12. The molecule has 0 saturated carbocycles. The summed E-state index contributed by atoms with van der Waals surface area (Å²) in [5, 5.41) is 2.05. The molecule has 15 heavy (non-hydrogen) atoms. The first-order valence-electron chi connectivity index (χ1n) is 5.13. The Hall–Kier alpha value is -0.660. The minimum Gasteiger partial charge on any atom is -0.361 e. The number of aromatic nitrogens is 1. The van der Waals surface area contributed by atoms with Crippen LogP contribution in [0.5, 0.6) is 0 Å². The zero-order chi connectivity index (χ0) is 10.7. The van der Waals surface area contributed by atoms with Gasteiger partial charge in [-0.3, -0.25) is 0 Å². The lowest BCUT2D eigenvalue weighted by Crippen LogP contribution is -1.84. The van der Waals surface area contributed by atoms with E-state index in [1.54, 1.807) is 0 Å². The van der Waals surface area contributed by atoms with Crippen LogP contribution in [-0.4, -0.2) is 10.9 Å². The highest BCUT2D eigenvalue weighted by molar-refractivity contribution is 6.31. The third-order valence-electron chi connectivity index (χ3n) is 2.56. The predicted octanol–water partition coefficient (Wildman–Crippen LogP) is 4.38. The number of benzene rings is 1. The average molecular weight is 242 g/mol. The van der Waals surface area contributed by atoms with Crippen molar-refractivity contribution in [2.45, 2.75) is 19.3 Å². The fraction of sp³-hybridized carbons (Fsp3) is 0.333. The fourth-order valence-corrected chi connectivity index (χ4v) is 2.14. The van der Waals surface area contributed by atoms with Gasteiger partial charge in [-0.05, 0) is 37.0 Å². The minimum atomic E-state index is 0.744. The Morgan fingerprint density at radius 3 is 2.87 bits per heavy atom. The van der Waals surface area contributed by atoms with Crippen molar-refractivity contribution in [3.05, 3.63) is 35.0 Å². The smallest absolute Gasteiger partial charge is 0.0471 e. The molecule has 1 aromatic heterocycles. The van der Waals surface area contributed by atoms with Crippen molar-refractivity contribution in [1.29, 1.82) is 0 Å². The number of hydrogen-bond acceptors (Lipinski definition) is 0. The van der Waals surface area contributed by atoms with Crippen molar-refractivity contribution in [3.8, 4) is 0 Å². The number of fused-ring (bicyclic) bond motifs is 1. The third-order valence-corrected chi connectivity index (χ3v) is 3.06. The average Bonchev–Trinajstić information content (AvgIpc) is 2.61. The number of aromatic amines is 1. The summed E-state index contributed by atoms with van der Waals surface area (Å²) in [6, 6.07) is 5.97. The Bertz CT molecular complexity index is 448. The van der Waals surface area contributed by atoms with Crippen LogP contribution in [0.3, 0.4) is 0 Å². The molecule has 1 nitrogen and oxygen atoms in total. The zero-order valence-electron chi connectivity index (χ0n) is 8.39. The quantitative estimate of drug-likeness (QED) is 0.604. The minimum absolute atomic E-state index is 0.744. The summed E-state index contributed by atoms with van der Waals surface area (Å²) in [4.78, 5) is 3.24. The molecule has 0 saturated heterocycles. The van der Waals surface area contributed by atoms with E-state index in [0.717, 1.165) is 35.7 Å². The van der Waals surface area contributed by atoms with Gasteiger partial charge in [0.2, 0.25) is 0 Å². The van der Waals surface area contributed by atoms with Gasteiger partial charge in [0.1, 0.15) is 0 Å². The van der Waals surface area contributed by atoms with Crippen LogP contribution in [0.1, 0.15) is 18.4 Å². The number of H-pyrrole nitrogens is 1. The highest BCUT2D eigenvalue weighted by Gasteiger charge is 2.03. The largest absolute Gasteiger partial charge is 0.361 e. The highest BCUT2D eigenvalue weighted by atomic mass is 35.5. The molecule has 0 aliphatic rings. The van der Waals surface area contributed by atoms with E-state index in [0.29, 0.717) is 0 Å². The highest BCUT2D eigenvalue weighted by Crippen LogP contribution is 2.23. The second-order valence-electron chi connectivity index (χ2n) is 3.65. The monoisotopic (exact) mass is 241 g/mol. The van der Waals surface area contributed by atoms with Crippen LogP contribution >= 0.6 is 23.2 Å². The second kappa shape index (κ2) is 4.91. The summed E-state index contributed by atoms with van der Waals surface area (Å²) < 4.78 is 0. The van der Waals surface area contributed by atoms with E-state index in [9.17, 15) is 0 Å². The molecule has 2 aromatic rings. The van der Waals surface area contributed by atoms with Crippen molar-refractivity contribution in [3.63, 3.8) is 0 Å². The molecule has 0 atom stereocenters. The lowest BCUT2D eigenvalue weighted by atomic mass is 10.1. The van der Waals surface area contributed by atoms with Gasteiger partial charge in [-0.1, -0.05) is 17.7 Å². The molecule has 0 bridgehead atoms. The van der Waals surface area contributed by atoms with Crippen molar-refractivity contribution in [2.24, 2.45) is 0 Å². The van der Waals surface area contributed by atoms with Gasteiger partial charge < -0.3 is 4.98 Å². The summed E-state index contributed by atoms with van der Waals surface area (Å²) in [7, 11) is 0. The molecule has 0 aliphatic heterocycles. The van der Waals surface area contributed by atoms with Crippen LogP contribution in [0.25, 0.3) is 10.9 Å².